The molecule has 1 amide bonds. The number of aliphatic hydroxyl groups is 1. The molecule has 0 aliphatic heterocycles. The predicted octanol–water partition coefficient (Wildman–Crippen LogP) is 0.0476. The Morgan fingerprint density at radius 3 is 2.60 bits per heavy atom. The molecule has 0 bridgehead atoms. The molecule has 3 N–H and O–H groups in total. The fourth-order valence-corrected chi connectivity index (χ4v) is 1.54. The summed E-state index contributed by atoms with van der Waals surface area (Å²) in [5, 5.41) is 23.9. The van der Waals surface area contributed by atoms with Crippen LogP contribution in [0, 0.1) is 0 Å². The Morgan fingerprint density at radius 1 is 1.25 bits per heavy atom. The molecule has 0 spiro atoms. The average molecular weight is 275 g/mol. The molecule has 0 radical (unpaired) electrons. The number of aromatic nitrogens is 2. The molecular formula is C13H13N3O4. The van der Waals surface area contributed by atoms with E-state index in [0.29, 0.717) is 0 Å². The van der Waals surface area contributed by atoms with Crippen LogP contribution in [0.3, 0.4) is 0 Å². The van der Waals surface area contributed by atoms with Gasteiger partial charge in [-0.2, -0.15) is 5.10 Å². The van der Waals surface area contributed by atoms with Crippen LogP contribution < -0.4 is 5.32 Å². The van der Waals surface area contributed by atoms with E-state index >= 15 is 0 Å². The average Bonchev–Trinajstić information content (AvgIpc) is 2.95. The molecule has 2 rings (SSSR count). The molecule has 7 heteroatoms. The van der Waals surface area contributed by atoms with Gasteiger partial charge in [0.2, 0.25) is 0 Å². The maximum atomic E-state index is 11.7. The van der Waals surface area contributed by atoms with Crippen molar-refractivity contribution < 1.29 is 19.8 Å². The first kappa shape index (κ1) is 13.8. The maximum Gasteiger partial charge on any atom is 0.334 e. The molecule has 1 aromatic heterocycles. The molecule has 0 saturated carbocycles. The van der Waals surface area contributed by atoms with Gasteiger partial charge in [0.15, 0.2) is 11.8 Å². The van der Waals surface area contributed by atoms with E-state index in [-0.39, 0.29) is 12.2 Å². The summed E-state index contributed by atoms with van der Waals surface area (Å²) in [6.07, 6.45) is -0.00659. The quantitative estimate of drug-likeness (QED) is 0.715. The summed E-state index contributed by atoms with van der Waals surface area (Å²) in [4.78, 5) is 22.1. The fraction of sp³-hybridized carbons (Fsp3) is 0.154. The van der Waals surface area contributed by atoms with Crippen LogP contribution in [0.4, 0.5) is 0 Å². The van der Waals surface area contributed by atoms with Crippen molar-refractivity contribution in [3.8, 4) is 5.69 Å². The van der Waals surface area contributed by atoms with Crippen LogP contribution in [0.5, 0.6) is 0 Å². The second-order valence-corrected chi connectivity index (χ2v) is 4.05. The van der Waals surface area contributed by atoms with Crippen molar-refractivity contribution in [2.45, 2.75) is 6.10 Å². The van der Waals surface area contributed by atoms with Gasteiger partial charge < -0.3 is 15.5 Å². The highest BCUT2D eigenvalue weighted by Gasteiger charge is 2.16. The van der Waals surface area contributed by atoms with E-state index in [0.717, 1.165) is 5.69 Å². The summed E-state index contributed by atoms with van der Waals surface area (Å²) in [6, 6.07) is 10.7. The zero-order valence-corrected chi connectivity index (χ0v) is 10.4. The Morgan fingerprint density at radius 2 is 1.95 bits per heavy atom. The van der Waals surface area contributed by atoms with Crippen molar-refractivity contribution in [3.63, 3.8) is 0 Å². The van der Waals surface area contributed by atoms with Gasteiger partial charge in [-0.05, 0) is 18.2 Å². The summed E-state index contributed by atoms with van der Waals surface area (Å²) in [5.74, 6) is -1.93. The number of hydrogen-bond acceptors (Lipinski definition) is 4. The van der Waals surface area contributed by atoms with Crippen molar-refractivity contribution in [2.24, 2.45) is 0 Å². The summed E-state index contributed by atoms with van der Waals surface area (Å²) in [5.41, 5.74) is 0.948. The van der Waals surface area contributed by atoms with Crippen molar-refractivity contribution in [3.05, 3.63) is 48.3 Å². The zero-order valence-electron chi connectivity index (χ0n) is 10.4. The highest BCUT2D eigenvalue weighted by atomic mass is 16.4. The topological polar surface area (TPSA) is 104 Å². The standard InChI is InChI=1S/C13H13N3O4/c17-11(13(19)20)8-14-12(18)10-6-7-16(15-10)9-4-2-1-3-5-9/h1-7,11,17H,8H2,(H,14,18)(H,19,20)/t11-/m0/s1. The minimum Gasteiger partial charge on any atom is -0.479 e. The molecule has 0 aliphatic carbocycles. The largest absolute Gasteiger partial charge is 0.479 e. The third kappa shape index (κ3) is 3.21. The van der Waals surface area contributed by atoms with Crippen molar-refractivity contribution in [1.82, 2.24) is 15.1 Å². The van der Waals surface area contributed by atoms with E-state index in [1.54, 1.807) is 6.20 Å². The summed E-state index contributed by atoms with van der Waals surface area (Å²) in [6.45, 7) is -0.369. The number of nitrogens with one attached hydrogen (secondary N) is 1. The van der Waals surface area contributed by atoms with Crippen LogP contribution in [0.15, 0.2) is 42.6 Å². The van der Waals surface area contributed by atoms with Gasteiger partial charge in [-0.3, -0.25) is 4.79 Å². The number of nitrogens with zero attached hydrogens (tertiary/aromatic N) is 2. The van der Waals surface area contributed by atoms with Crippen molar-refractivity contribution in [1.29, 1.82) is 0 Å². The minimum absolute atomic E-state index is 0.145. The Labute approximate surface area is 114 Å². The van der Waals surface area contributed by atoms with E-state index < -0.39 is 18.0 Å². The number of carboxylic acids is 1. The van der Waals surface area contributed by atoms with Gasteiger partial charge in [-0.1, -0.05) is 18.2 Å². The molecule has 0 unspecified atom stereocenters. The number of carbonyl (C=O) groups is 2. The minimum atomic E-state index is -1.63. The van der Waals surface area contributed by atoms with E-state index in [1.807, 2.05) is 30.3 Å². The van der Waals surface area contributed by atoms with Crippen LogP contribution in [0.25, 0.3) is 5.69 Å². The van der Waals surface area contributed by atoms with Gasteiger partial charge in [-0.15, -0.1) is 0 Å². The first-order valence-corrected chi connectivity index (χ1v) is 5.88. The Bertz CT molecular complexity index is 609. The molecule has 1 aromatic carbocycles. The third-order valence-corrected chi connectivity index (χ3v) is 2.58. The number of hydrogen-bond donors (Lipinski definition) is 3. The molecule has 0 saturated heterocycles. The molecule has 20 heavy (non-hydrogen) atoms. The first-order valence-electron chi connectivity index (χ1n) is 5.88. The lowest BCUT2D eigenvalue weighted by Crippen LogP contribution is -2.36. The van der Waals surface area contributed by atoms with Gasteiger partial charge in [0.25, 0.3) is 5.91 Å². The normalized spacial score (nSPS) is 11.8. The molecule has 7 nitrogen and oxygen atoms in total. The third-order valence-electron chi connectivity index (χ3n) is 2.58. The number of carboxylic acid groups (broad SMARTS) is 1. The number of aliphatic carboxylic acids is 1. The van der Waals surface area contributed by atoms with E-state index in [9.17, 15) is 9.59 Å². The molecule has 0 aliphatic rings. The number of carbonyl (C=O) groups excluding carboxylic acids is 1. The summed E-state index contributed by atoms with van der Waals surface area (Å²) >= 11 is 0. The SMILES string of the molecule is O=C(NC[C@H](O)C(=O)O)c1ccn(-c2ccccc2)n1. The monoisotopic (exact) mass is 275 g/mol. The van der Waals surface area contributed by atoms with Crippen LogP contribution in [0.2, 0.25) is 0 Å². The Hall–Kier alpha value is -2.67. The van der Waals surface area contributed by atoms with Crippen molar-refractivity contribution in [2.75, 3.05) is 6.54 Å². The van der Waals surface area contributed by atoms with Crippen molar-refractivity contribution >= 4 is 11.9 Å². The highest BCUT2D eigenvalue weighted by molar-refractivity contribution is 5.92. The van der Waals surface area contributed by atoms with Gasteiger partial charge in [0.05, 0.1) is 12.2 Å². The highest BCUT2D eigenvalue weighted by Crippen LogP contribution is 2.06. The maximum absolute atomic E-state index is 11.7. The summed E-state index contributed by atoms with van der Waals surface area (Å²) < 4.78 is 1.53. The second-order valence-electron chi connectivity index (χ2n) is 4.05. The lowest BCUT2D eigenvalue weighted by atomic mass is 10.3. The lowest BCUT2D eigenvalue weighted by Gasteiger charge is -2.06. The zero-order chi connectivity index (χ0) is 14.5. The Balaban J connectivity index is 2.02. The van der Waals surface area contributed by atoms with Gasteiger partial charge in [-0.25, -0.2) is 9.48 Å². The molecule has 1 atom stereocenters. The number of rotatable bonds is 5. The molecule has 2 aromatic rings. The second kappa shape index (κ2) is 5.98. The van der Waals surface area contributed by atoms with Gasteiger partial charge in [0.1, 0.15) is 0 Å². The number of amides is 1. The lowest BCUT2D eigenvalue weighted by molar-refractivity contribution is -0.146. The smallest absolute Gasteiger partial charge is 0.334 e. The number of benzene rings is 1. The number of para-hydroxylation sites is 1. The van der Waals surface area contributed by atoms with Crippen LogP contribution in [0.1, 0.15) is 10.5 Å². The van der Waals surface area contributed by atoms with Gasteiger partial charge >= 0.3 is 5.97 Å². The fourth-order valence-electron chi connectivity index (χ4n) is 1.54. The van der Waals surface area contributed by atoms with Crippen LogP contribution in [-0.4, -0.2) is 44.5 Å². The molecule has 1 heterocycles. The predicted molar refractivity (Wildman–Crippen MR) is 69.5 cm³/mol. The number of aliphatic hydroxyl groups excluding tert-OH is 1. The summed E-state index contributed by atoms with van der Waals surface area (Å²) in [7, 11) is 0. The molecular weight excluding hydrogens is 262 g/mol. The molecule has 104 valence electrons. The van der Waals surface area contributed by atoms with Gasteiger partial charge in [0, 0.05) is 6.20 Å². The van der Waals surface area contributed by atoms with E-state index in [2.05, 4.69) is 10.4 Å². The first-order chi connectivity index (χ1) is 9.58. The molecule has 0 fully saturated rings. The van der Waals surface area contributed by atoms with Crippen LogP contribution >= 0.6 is 0 Å². The van der Waals surface area contributed by atoms with E-state index in [4.69, 9.17) is 10.2 Å². The van der Waals surface area contributed by atoms with Crippen LogP contribution in [-0.2, 0) is 4.79 Å². The Kier molecular flexibility index (Phi) is 4.11. The van der Waals surface area contributed by atoms with E-state index in [1.165, 1.54) is 10.7 Å².